The van der Waals surface area contributed by atoms with Crippen LogP contribution in [0.25, 0.3) is 6.08 Å². The Labute approximate surface area is 201 Å². The van der Waals surface area contributed by atoms with Crippen LogP contribution in [0.5, 0.6) is 28.7 Å². The third kappa shape index (κ3) is 4.27. The number of ketones is 1. The number of carbonyl (C=O) groups is 1. The van der Waals surface area contributed by atoms with Crippen LogP contribution in [0.1, 0.15) is 27.0 Å². The molecular formula is C26H21ClO7. The number of hydrogen-bond donors (Lipinski definition) is 0. The molecule has 0 N–H and O–H groups in total. The number of carbonyl (C=O) groups excluding carboxylic acids is 1. The minimum absolute atomic E-state index is 0.185. The van der Waals surface area contributed by atoms with Gasteiger partial charge in [0, 0.05) is 33.8 Å². The highest BCUT2D eigenvalue weighted by atomic mass is 35.5. The highest BCUT2D eigenvalue weighted by Crippen LogP contribution is 2.37. The summed E-state index contributed by atoms with van der Waals surface area (Å²) in [5, 5.41) is 0.582. The summed E-state index contributed by atoms with van der Waals surface area (Å²) in [5.74, 6) is 2.92. The molecule has 0 aliphatic carbocycles. The second-order valence-corrected chi connectivity index (χ2v) is 8.09. The first-order valence-corrected chi connectivity index (χ1v) is 10.9. The first-order chi connectivity index (χ1) is 16.6. The lowest BCUT2D eigenvalue weighted by molar-refractivity contribution is -0.0175. The van der Waals surface area contributed by atoms with Gasteiger partial charge in [-0.1, -0.05) is 11.6 Å². The normalized spacial score (nSPS) is 15.3. The molecule has 3 aromatic rings. The summed E-state index contributed by atoms with van der Waals surface area (Å²) >= 11 is 6.23. The van der Waals surface area contributed by atoms with Gasteiger partial charge in [-0.2, -0.15) is 0 Å². The average Bonchev–Trinajstić information content (AvgIpc) is 3.16. The Morgan fingerprint density at radius 3 is 2.71 bits per heavy atom. The first-order valence-electron chi connectivity index (χ1n) is 10.5. The monoisotopic (exact) mass is 480 g/mol. The average molecular weight is 481 g/mol. The number of rotatable bonds is 6. The minimum atomic E-state index is -0.211. The summed E-state index contributed by atoms with van der Waals surface area (Å²) in [6.07, 6.45) is 1.65. The van der Waals surface area contributed by atoms with E-state index in [-0.39, 0.29) is 24.9 Å². The van der Waals surface area contributed by atoms with Crippen LogP contribution in [-0.2, 0) is 18.0 Å². The Bertz CT molecular complexity index is 1300. The Balaban J connectivity index is 1.35. The molecule has 0 radical (unpaired) electrons. The third-order valence-corrected chi connectivity index (χ3v) is 5.73. The van der Waals surface area contributed by atoms with Gasteiger partial charge < -0.3 is 28.4 Å². The summed E-state index contributed by atoms with van der Waals surface area (Å²) < 4.78 is 33.4. The van der Waals surface area contributed by atoms with Gasteiger partial charge in [0.15, 0.2) is 12.6 Å². The molecule has 0 amide bonds. The molecule has 0 aromatic heterocycles. The van der Waals surface area contributed by atoms with Gasteiger partial charge in [-0.25, -0.2) is 0 Å². The predicted octanol–water partition coefficient (Wildman–Crippen LogP) is 5.42. The Hall–Kier alpha value is -3.68. The molecule has 0 saturated carbocycles. The van der Waals surface area contributed by atoms with Crippen LogP contribution >= 0.6 is 11.6 Å². The lowest BCUT2D eigenvalue weighted by Gasteiger charge is -2.21. The topological polar surface area (TPSA) is 72.5 Å². The van der Waals surface area contributed by atoms with Gasteiger partial charge in [-0.3, -0.25) is 4.79 Å². The van der Waals surface area contributed by atoms with Crippen LogP contribution in [0.15, 0.2) is 54.3 Å². The van der Waals surface area contributed by atoms with Gasteiger partial charge >= 0.3 is 0 Å². The van der Waals surface area contributed by atoms with Crippen molar-refractivity contribution in [1.29, 1.82) is 0 Å². The molecule has 5 rings (SSSR count). The van der Waals surface area contributed by atoms with Gasteiger partial charge in [-0.05, 0) is 42.5 Å². The van der Waals surface area contributed by atoms with Crippen LogP contribution in [0, 0.1) is 0 Å². The van der Waals surface area contributed by atoms with Crippen molar-refractivity contribution in [3.8, 4) is 28.7 Å². The number of hydrogen-bond acceptors (Lipinski definition) is 7. The second-order valence-electron chi connectivity index (χ2n) is 7.66. The molecule has 0 spiro atoms. The molecule has 0 unspecified atom stereocenters. The lowest BCUT2D eigenvalue weighted by Crippen LogP contribution is -2.14. The fourth-order valence-electron chi connectivity index (χ4n) is 3.86. The highest BCUT2D eigenvalue weighted by molar-refractivity contribution is 6.30. The summed E-state index contributed by atoms with van der Waals surface area (Å²) in [5.41, 5.74) is 2.86. The zero-order valence-electron chi connectivity index (χ0n) is 18.6. The standard InChI is InChI=1S/C26H21ClO7/c1-29-19-4-3-15(22(10-19)30-2)9-24-25(28)21-6-5-20(11-23(21)34-24)32-13-17-8-18(27)7-16-12-31-14-33-26(16)17/h3-11H,12-14H2,1-2H3/b24-9-. The summed E-state index contributed by atoms with van der Waals surface area (Å²) in [4.78, 5) is 12.9. The summed E-state index contributed by atoms with van der Waals surface area (Å²) in [7, 11) is 3.14. The molecule has 3 aromatic carbocycles. The molecule has 0 atom stereocenters. The van der Waals surface area contributed by atoms with E-state index in [9.17, 15) is 4.79 Å². The van der Waals surface area contributed by atoms with Gasteiger partial charge in [-0.15, -0.1) is 0 Å². The predicted molar refractivity (Wildman–Crippen MR) is 125 cm³/mol. The van der Waals surface area contributed by atoms with Crippen LogP contribution in [0.3, 0.4) is 0 Å². The van der Waals surface area contributed by atoms with Crippen LogP contribution in [0.2, 0.25) is 5.02 Å². The maximum absolute atomic E-state index is 12.9. The van der Waals surface area contributed by atoms with Gasteiger partial charge in [0.05, 0.1) is 26.4 Å². The number of benzene rings is 3. The van der Waals surface area contributed by atoms with Crippen molar-refractivity contribution in [2.24, 2.45) is 0 Å². The Morgan fingerprint density at radius 1 is 1.03 bits per heavy atom. The number of allylic oxidation sites excluding steroid dienone is 1. The number of halogens is 1. The van der Waals surface area contributed by atoms with Crippen LogP contribution in [0.4, 0.5) is 0 Å². The quantitative estimate of drug-likeness (QED) is 0.436. The summed E-state index contributed by atoms with van der Waals surface area (Å²) in [6.45, 7) is 0.859. The van der Waals surface area contributed by atoms with E-state index < -0.39 is 0 Å². The molecule has 0 bridgehead atoms. The fraction of sp³-hybridized carbons (Fsp3) is 0.192. The first kappa shape index (κ1) is 22.1. The van der Waals surface area contributed by atoms with E-state index in [0.29, 0.717) is 45.8 Å². The van der Waals surface area contributed by atoms with Crippen LogP contribution < -0.4 is 23.7 Å². The maximum atomic E-state index is 12.9. The maximum Gasteiger partial charge on any atom is 0.231 e. The number of methoxy groups -OCH3 is 2. The molecule has 7 nitrogen and oxygen atoms in total. The molecule has 0 saturated heterocycles. The molecule has 2 heterocycles. The zero-order valence-corrected chi connectivity index (χ0v) is 19.3. The molecule has 2 aliphatic heterocycles. The molecule has 34 heavy (non-hydrogen) atoms. The number of fused-ring (bicyclic) bond motifs is 2. The smallest absolute Gasteiger partial charge is 0.231 e. The molecule has 0 fully saturated rings. The van der Waals surface area contributed by atoms with Gasteiger partial charge in [0.25, 0.3) is 0 Å². The number of ether oxygens (including phenoxy) is 6. The molecular weight excluding hydrogens is 460 g/mol. The van der Waals surface area contributed by atoms with Crippen LogP contribution in [-0.4, -0.2) is 26.8 Å². The van der Waals surface area contributed by atoms with Crippen molar-refractivity contribution >= 4 is 23.5 Å². The lowest BCUT2D eigenvalue weighted by atomic mass is 10.1. The third-order valence-electron chi connectivity index (χ3n) is 5.51. The molecule has 174 valence electrons. The fourth-order valence-corrected chi connectivity index (χ4v) is 4.12. The van der Waals surface area contributed by atoms with Crippen molar-refractivity contribution in [2.45, 2.75) is 13.2 Å². The van der Waals surface area contributed by atoms with E-state index in [0.717, 1.165) is 16.9 Å². The highest BCUT2D eigenvalue weighted by Gasteiger charge is 2.28. The van der Waals surface area contributed by atoms with Gasteiger partial charge in [0.2, 0.25) is 5.78 Å². The Morgan fingerprint density at radius 2 is 1.88 bits per heavy atom. The SMILES string of the molecule is COc1ccc(/C=C2\Oc3cc(OCc4cc(Cl)cc5c4OCOC5)ccc3C2=O)c(OC)c1. The van der Waals surface area contributed by atoms with Crippen molar-refractivity contribution in [3.63, 3.8) is 0 Å². The Kier molecular flexibility index (Phi) is 6.04. The van der Waals surface area contributed by atoms with E-state index in [1.54, 1.807) is 56.7 Å². The van der Waals surface area contributed by atoms with Crippen molar-refractivity contribution in [2.75, 3.05) is 21.0 Å². The minimum Gasteiger partial charge on any atom is -0.497 e. The molecule has 2 aliphatic rings. The second kappa shape index (κ2) is 9.29. The van der Waals surface area contributed by atoms with Gasteiger partial charge in [0.1, 0.15) is 35.4 Å². The summed E-state index contributed by atoms with van der Waals surface area (Å²) in [6, 6.07) is 14.1. The molecule has 8 heteroatoms. The van der Waals surface area contributed by atoms with E-state index in [1.807, 2.05) is 12.1 Å². The van der Waals surface area contributed by atoms with E-state index in [4.69, 9.17) is 40.0 Å². The van der Waals surface area contributed by atoms with Crippen molar-refractivity contribution < 1.29 is 33.2 Å². The van der Waals surface area contributed by atoms with Crippen molar-refractivity contribution in [1.82, 2.24) is 0 Å². The van der Waals surface area contributed by atoms with E-state index >= 15 is 0 Å². The number of Topliss-reactive ketones (excluding diaryl/α,β-unsaturated/α-hetero) is 1. The largest absolute Gasteiger partial charge is 0.497 e. The zero-order chi connectivity index (χ0) is 23.7. The van der Waals surface area contributed by atoms with E-state index in [1.165, 1.54) is 0 Å². The van der Waals surface area contributed by atoms with Crippen molar-refractivity contribution in [3.05, 3.63) is 81.6 Å². The van der Waals surface area contributed by atoms with E-state index in [2.05, 4.69) is 0 Å².